The first-order chi connectivity index (χ1) is 13.0. The second-order valence-electron chi connectivity index (χ2n) is 6.19. The molecule has 0 saturated heterocycles. The minimum absolute atomic E-state index is 0.00269. The largest absolute Gasteiger partial charge is 0.497 e. The normalized spacial score (nSPS) is 11.8. The lowest BCUT2D eigenvalue weighted by Crippen LogP contribution is -2.30. The summed E-state index contributed by atoms with van der Waals surface area (Å²) in [6, 6.07) is 16.0. The van der Waals surface area contributed by atoms with Gasteiger partial charge in [-0.3, -0.25) is 4.79 Å². The Labute approximate surface area is 168 Å². The lowest BCUT2D eigenvalue weighted by Gasteiger charge is -2.11. The van der Waals surface area contributed by atoms with E-state index in [1.54, 1.807) is 18.4 Å². The second-order valence-corrected chi connectivity index (χ2v) is 8.64. The molecule has 2 aromatic carbocycles. The molecule has 1 atom stereocenters. The van der Waals surface area contributed by atoms with Gasteiger partial charge in [0.05, 0.1) is 18.1 Å². The van der Waals surface area contributed by atoms with Gasteiger partial charge in [-0.1, -0.05) is 53.7 Å². The summed E-state index contributed by atoms with van der Waals surface area (Å²) in [7, 11) is 1.64. The Hall–Kier alpha value is -2.31. The van der Waals surface area contributed by atoms with Gasteiger partial charge in [-0.2, -0.15) is 0 Å². The number of nitrogens with one attached hydrogen (secondary N) is 1. The molecule has 3 aromatic rings. The van der Waals surface area contributed by atoms with Gasteiger partial charge in [0, 0.05) is 17.5 Å². The minimum atomic E-state index is -0.208. The van der Waals surface area contributed by atoms with Gasteiger partial charge < -0.3 is 10.1 Å². The Bertz CT molecular complexity index is 889. The number of benzene rings is 2. The van der Waals surface area contributed by atoms with E-state index in [-0.39, 0.29) is 11.2 Å². The monoisotopic (exact) mass is 398 g/mol. The summed E-state index contributed by atoms with van der Waals surface area (Å²) in [6.07, 6.45) is 0. The van der Waals surface area contributed by atoms with Crippen LogP contribution in [0.1, 0.15) is 18.1 Å². The molecule has 0 spiro atoms. The van der Waals surface area contributed by atoms with Crippen molar-refractivity contribution in [1.82, 2.24) is 10.3 Å². The molecule has 1 N–H and O–H groups in total. The maximum atomic E-state index is 12.4. The van der Waals surface area contributed by atoms with Crippen LogP contribution in [0.15, 0.2) is 58.3 Å². The molecule has 1 heterocycles. The highest BCUT2D eigenvalue weighted by Crippen LogP contribution is 2.31. The standard InChI is InChI=1S/C21H22N2O2S2/c1-14-4-8-17(9-5-14)19-13-26-21(23-19)27-15(2)20(24)22-12-16-6-10-18(25-3)11-7-16/h4-11,13,15H,12H2,1-3H3,(H,22,24). The molecule has 0 radical (unpaired) electrons. The van der Waals surface area contributed by atoms with Gasteiger partial charge in [0.15, 0.2) is 4.34 Å². The van der Waals surface area contributed by atoms with Crippen LogP contribution in [0.4, 0.5) is 0 Å². The number of hydrogen-bond donors (Lipinski definition) is 1. The molecule has 0 saturated carbocycles. The summed E-state index contributed by atoms with van der Waals surface area (Å²) in [6.45, 7) is 4.47. The fourth-order valence-electron chi connectivity index (χ4n) is 2.45. The summed E-state index contributed by atoms with van der Waals surface area (Å²) in [4.78, 5) is 17.0. The lowest BCUT2D eigenvalue weighted by molar-refractivity contribution is -0.120. The van der Waals surface area contributed by atoms with Crippen molar-refractivity contribution >= 4 is 29.0 Å². The average Bonchev–Trinajstić information content (AvgIpc) is 3.15. The number of aryl methyl sites for hydroxylation is 1. The molecule has 0 aliphatic carbocycles. The number of thiazole rings is 1. The lowest BCUT2D eigenvalue weighted by atomic mass is 10.1. The van der Waals surface area contributed by atoms with Gasteiger partial charge in [0.2, 0.25) is 5.91 Å². The molecule has 1 amide bonds. The third-order valence-corrected chi connectivity index (χ3v) is 6.17. The summed E-state index contributed by atoms with van der Waals surface area (Å²) in [5, 5.41) is 4.81. The molecule has 0 bridgehead atoms. The van der Waals surface area contributed by atoms with Crippen LogP contribution in [0.25, 0.3) is 11.3 Å². The number of rotatable bonds is 7. The Balaban J connectivity index is 1.54. The molecule has 1 unspecified atom stereocenters. The van der Waals surface area contributed by atoms with E-state index < -0.39 is 0 Å². The molecular formula is C21H22N2O2S2. The number of methoxy groups -OCH3 is 1. The highest BCUT2D eigenvalue weighted by molar-refractivity contribution is 8.02. The first kappa shape index (κ1) is 19.5. The molecule has 27 heavy (non-hydrogen) atoms. The van der Waals surface area contributed by atoms with E-state index in [2.05, 4.69) is 41.5 Å². The second kappa shape index (κ2) is 9.06. The number of hydrogen-bond acceptors (Lipinski definition) is 5. The van der Waals surface area contributed by atoms with Crippen molar-refractivity contribution in [2.45, 2.75) is 30.0 Å². The van der Waals surface area contributed by atoms with Crippen molar-refractivity contribution in [2.75, 3.05) is 7.11 Å². The Kier molecular flexibility index (Phi) is 6.53. The van der Waals surface area contributed by atoms with Gasteiger partial charge >= 0.3 is 0 Å². The number of nitrogens with zero attached hydrogens (tertiary/aromatic N) is 1. The molecule has 0 aliphatic rings. The zero-order chi connectivity index (χ0) is 19.2. The third kappa shape index (κ3) is 5.34. The fourth-order valence-corrected chi connectivity index (χ4v) is 4.45. The molecule has 3 rings (SSSR count). The first-order valence-corrected chi connectivity index (χ1v) is 10.4. The molecule has 0 aliphatic heterocycles. The Morgan fingerprint density at radius 3 is 2.56 bits per heavy atom. The number of thioether (sulfide) groups is 1. The average molecular weight is 399 g/mol. The van der Waals surface area contributed by atoms with Crippen LogP contribution >= 0.6 is 23.1 Å². The third-order valence-electron chi connectivity index (χ3n) is 4.10. The zero-order valence-electron chi connectivity index (χ0n) is 15.6. The summed E-state index contributed by atoms with van der Waals surface area (Å²) >= 11 is 3.06. The van der Waals surface area contributed by atoms with E-state index in [0.717, 1.165) is 26.9 Å². The van der Waals surface area contributed by atoms with Crippen molar-refractivity contribution in [3.8, 4) is 17.0 Å². The summed E-state index contributed by atoms with van der Waals surface area (Å²) < 4.78 is 6.04. The van der Waals surface area contributed by atoms with E-state index in [9.17, 15) is 4.79 Å². The van der Waals surface area contributed by atoms with Crippen LogP contribution in [0.5, 0.6) is 5.75 Å². The Morgan fingerprint density at radius 1 is 1.19 bits per heavy atom. The number of aromatic nitrogens is 1. The molecule has 4 nitrogen and oxygen atoms in total. The van der Waals surface area contributed by atoms with Crippen LogP contribution in [-0.4, -0.2) is 23.3 Å². The zero-order valence-corrected chi connectivity index (χ0v) is 17.2. The molecule has 140 valence electrons. The molecule has 0 fully saturated rings. The van der Waals surface area contributed by atoms with Gasteiger partial charge in [-0.05, 0) is 31.5 Å². The maximum absolute atomic E-state index is 12.4. The molecule has 1 aromatic heterocycles. The summed E-state index contributed by atoms with van der Waals surface area (Å²) in [5.74, 6) is 0.810. The van der Waals surface area contributed by atoms with Crippen LogP contribution in [0, 0.1) is 6.92 Å². The van der Waals surface area contributed by atoms with Gasteiger partial charge in [-0.25, -0.2) is 4.98 Å². The first-order valence-electron chi connectivity index (χ1n) is 8.65. The number of amides is 1. The fraction of sp³-hybridized carbons (Fsp3) is 0.238. The van der Waals surface area contributed by atoms with Crippen molar-refractivity contribution in [2.24, 2.45) is 0 Å². The molecular weight excluding hydrogens is 376 g/mol. The van der Waals surface area contributed by atoms with Crippen molar-refractivity contribution in [3.63, 3.8) is 0 Å². The van der Waals surface area contributed by atoms with Crippen LogP contribution in [-0.2, 0) is 11.3 Å². The van der Waals surface area contributed by atoms with E-state index in [4.69, 9.17) is 4.74 Å². The van der Waals surface area contributed by atoms with Crippen molar-refractivity contribution in [1.29, 1.82) is 0 Å². The SMILES string of the molecule is COc1ccc(CNC(=O)C(C)Sc2nc(-c3ccc(C)cc3)cs2)cc1. The predicted molar refractivity (Wildman–Crippen MR) is 112 cm³/mol. The quantitative estimate of drug-likeness (QED) is 0.574. The van der Waals surface area contributed by atoms with Gasteiger partial charge in [-0.15, -0.1) is 11.3 Å². The van der Waals surface area contributed by atoms with E-state index in [0.29, 0.717) is 6.54 Å². The van der Waals surface area contributed by atoms with Crippen LogP contribution in [0.3, 0.4) is 0 Å². The summed E-state index contributed by atoms with van der Waals surface area (Å²) in [5.41, 5.74) is 4.32. The van der Waals surface area contributed by atoms with E-state index >= 15 is 0 Å². The highest BCUT2D eigenvalue weighted by atomic mass is 32.2. The number of carbonyl (C=O) groups is 1. The van der Waals surface area contributed by atoms with Crippen molar-refractivity contribution < 1.29 is 9.53 Å². The van der Waals surface area contributed by atoms with E-state index in [1.165, 1.54) is 17.3 Å². The maximum Gasteiger partial charge on any atom is 0.233 e. The smallest absolute Gasteiger partial charge is 0.233 e. The van der Waals surface area contributed by atoms with E-state index in [1.807, 2.05) is 36.6 Å². The van der Waals surface area contributed by atoms with Crippen LogP contribution in [0.2, 0.25) is 0 Å². The topological polar surface area (TPSA) is 51.2 Å². The Morgan fingerprint density at radius 2 is 1.89 bits per heavy atom. The predicted octanol–water partition coefficient (Wildman–Crippen LogP) is 4.92. The van der Waals surface area contributed by atoms with Crippen LogP contribution < -0.4 is 10.1 Å². The van der Waals surface area contributed by atoms with Crippen molar-refractivity contribution in [3.05, 3.63) is 65.0 Å². The van der Waals surface area contributed by atoms with Gasteiger partial charge in [0.25, 0.3) is 0 Å². The number of ether oxygens (including phenoxy) is 1. The minimum Gasteiger partial charge on any atom is -0.497 e. The molecule has 6 heteroatoms. The highest BCUT2D eigenvalue weighted by Gasteiger charge is 2.16. The van der Waals surface area contributed by atoms with Gasteiger partial charge in [0.1, 0.15) is 5.75 Å². The number of carbonyl (C=O) groups excluding carboxylic acids is 1.